The van der Waals surface area contributed by atoms with Crippen molar-refractivity contribution in [3.63, 3.8) is 0 Å². The molecule has 248 valence electrons. The number of hydrogen-bond acceptors (Lipinski definition) is 12. The third-order valence-corrected chi connectivity index (χ3v) is 8.69. The highest BCUT2D eigenvalue weighted by Crippen LogP contribution is 2.32. The summed E-state index contributed by atoms with van der Waals surface area (Å²) in [6.45, 7) is 5.60. The lowest BCUT2D eigenvalue weighted by molar-refractivity contribution is -0.150. The summed E-state index contributed by atoms with van der Waals surface area (Å²) in [5.74, 6) is 0.909. The highest BCUT2D eigenvalue weighted by molar-refractivity contribution is 5.81. The van der Waals surface area contributed by atoms with E-state index in [0.717, 1.165) is 45.1 Å². The number of aliphatic hydroxyl groups excluding tert-OH is 1. The molecule has 5 heterocycles. The van der Waals surface area contributed by atoms with Crippen molar-refractivity contribution in [3.05, 3.63) is 48.3 Å². The lowest BCUT2D eigenvalue weighted by Crippen LogP contribution is -2.56. The zero-order chi connectivity index (χ0) is 32.9. The fraction of sp³-hybridized carbons (Fsp3) is 0.469. The molecule has 0 spiro atoms. The molecule has 0 saturated carbocycles. The van der Waals surface area contributed by atoms with Crippen molar-refractivity contribution < 1.29 is 32.9 Å². The topological polar surface area (TPSA) is 149 Å². The van der Waals surface area contributed by atoms with E-state index in [9.17, 15) is 23.9 Å². The van der Waals surface area contributed by atoms with E-state index in [4.69, 9.17) is 14.2 Å². The van der Waals surface area contributed by atoms with Crippen LogP contribution in [0.5, 0.6) is 11.5 Å². The number of nitrogens with zero attached hydrogens (tertiary/aromatic N) is 7. The highest BCUT2D eigenvalue weighted by atomic mass is 19.3. The van der Waals surface area contributed by atoms with Gasteiger partial charge in [-0.3, -0.25) is 9.69 Å². The number of ether oxygens (including phenoxy) is 3. The summed E-state index contributed by atoms with van der Waals surface area (Å²) in [4.78, 5) is 31.5. The van der Waals surface area contributed by atoms with E-state index in [1.54, 1.807) is 43.8 Å². The monoisotopic (exact) mass is 650 g/mol. The number of hydrogen-bond donors (Lipinski definition) is 2. The Labute approximate surface area is 270 Å². The summed E-state index contributed by atoms with van der Waals surface area (Å²) in [5.41, 5.74) is 2.47. The summed E-state index contributed by atoms with van der Waals surface area (Å²) in [6.07, 6.45) is -1.63. The molecular formula is C32H36F2N8O5. The SMILES string of the molecule is COc1cc(Nc2nccc(-c3ccc(OC4CCN(C(=O)[C@H](O)C(F)F)CC4)c(C#N)c3)n2)ncc1N1CCN(C2COC2)CC1. The second kappa shape index (κ2) is 14.4. The first-order valence-corrected chi connectivity index (χ1v) is 15.5. The lowest BCUT2D eigenvalue weighted by Gasteiger charge is -2.43. The molecule has 15 heteroatoms. The Balaban J connectivity index is 1.08. The van der Waals surface area contributed by atoms with E-state index in [2.05, 4.69) is 36.1 Å². The van der Waals surface area contributed by atoms with E-state index in [-0.39, 0.29) is 19.2 Å². The van der Waals surface area contributed by atoms with Gasteiger partial charge in [-0.1, -0.05) is 0 Å². The maximum absolute atomic E-state index is 12.7. The van der Waals surface area contributed by atoms with Crippen molar-refractivity contribution in [1.82, 2.24) is 24.8 Å². The number of carbonyl (C=O) groups is 1. The Kier molecular flexibility index (Phi) is 9.90. The van der Waals surface area contributed by atoms with Crippen LogP contribution >= 0.6 is 0 Å². The normalized spacial score (nSPS) is 18.4. The van der Waals surface area contributed by atoms with Gasteiger partial charge >= 0.3 is 0 Å². The minimum atomic E-state index is -3.13. The standard InChI is InChI=1S/C32H36F2N8O5/c1-45-27-15-28(37-17-25(27)41-12-10-40(11-13-41)22-18-46-19-22)39-32-36-7-4-24(38-32)20-2-3-26(21(14-20)16-35)47-23-5-8-42(9-6-23)31(44)29(43)30(33)34/h2-4,7,14-15,17,22-23,29-30,43H,5-6,8-13,18-19H2,1H3,(H,36,37,38,39)/t29-/m1/s1. The van der Waals surface area contributed by atoms with Crippen LogP contribution in [0.1, 0.15) is 18.4 Å². The van der Waals surface area contributed by atoms with Gasteiger partial charge in [0.2, 0.25) is 5.95 Å². The quantitative estimate of drug-likeness (QED) is 0.332. The molecule has 3 aliphatic rings. The molecule has 47 heavy (non-hydrogen) atoms. The average Bonchev–Trinajstić information content (AvgIpc) is 3.07. The smallest absolute Gasteiger partial charge is 0.273 e. The highest BCUT2D eigenvalue weighted by Gasteiger charge is 2.33. The molecular weight excluding hydrogens is 614 g/mol. The van der Waals surface area contributed by atoms with Gasteiger partial charge in [0, 0.05) is 69.9 Å². The first-order chi connectivity index (χ1) is 22.8. The minimum Gasteiger partial charge on any atom is -0.494 e. The average molecular weight is 651 g/mol. The Bertz CT molecular complexity index is 1600. The number of likely N-dealkylation sites (tertiary alicyclic amines) is 1. The number of nitriles is 1. The number of alkyl halides is 2. The van der Waals surface area contributed by atoms with E-state index >= 15 is 0 Å². The summed E-state index contributed by atoms with van der Waals surface area (Å²) in [6, 6.07) is 11.4. The maximum Gasteiger partial charge on any atom is 0.273 e. The molecule has 3 aromatic rings. The summed E-state index contributed by atoms with van der Waals surface area (Å²) in [7, 11) is 1.63. The number of halogens is 2. The third kappa shape index (κ3) is 7.35. The maximum atomic E-state index is 12.7. The second-order valence-corrected chi connectivity index (χ2v) is 11.6. The Morgan fingerprint density at radius 2 is 1.85 bits per heavy atom. The van der Waals surface area contributed by atoms with Gasteiger partial charge < -0.3 is 34.4 Å². The van der Waals surface area contributed by atoms with Gasteiger partial charge in [0.15, 0.2) is 6.10 Å². The van der Waals surface area contributed by atoms with E-state index in [1.165, 1.54) is 4.90 Å². The molecule has 13 nitrogen and oxygen atoms in total. The van der Waals surface area contributed by atoms with Crippen LogP contribution in [0.2, 0.25) is 0 Å². The minimum absolute atomic E-state index is 0.168. The molecule has 1 amide bonds. The Morgan fingerprint density at radius 1 is 1.09 bits per heavy atom. The molecule has 0 bridgehead atoms. The van der Waals surface area contributed by atoms with Crippen molar-refractivity contribution in [3.8, 4) is 28.8 Å². The molecule has 0 unspecified atom stereocenters. The molecule has 3 aliphatic heterocycles. The second-order valence-electron chi connectivity index (χ2n) is 11.6. The number of piperazine rings is 1. The van der Waals surface area contributed by atoms with Crippen LogP contribution in [0.15, 0.2) is 42.7 Å². The third-order valence-electron chi connectivity index (χ3n) is 8.69. The van der Waals surface area contributed by atoms with E-state index in [1.807, 2.05) is 6.07 Å². The van der Waals surface area contributed by atoms with Crippen LogP contribution in [-0.2, 0) is 9.53 Å². The summed E-state index contributed by atoms with van der Waals surface area (Å²) < 4.78 is 42.5. The Morgan fingerprint density at radius 3 is 2.51 bits per heavy atom. The number of nitrogens with one attached hydrogen (secondary N) is 1. The number of amides is 1. The van der Waals surface area contributed by atoms with E-state index in [0.29, 0.717) is 59.0 Å². The fourth-order valence-corrected chi connectivity index (χ4v) is 5.90. The van der Waals surface area contributed by atoms with Gasteiger partial charge in [0.05, 0.1) is 49.5 Å². The molecule has 6 rings (SSSR count). The predicted molar refractivity (Wildman–Crippen MR) is 167 cm³/mol. The number of anilines is 3. The number of methoxy groups -OCH3 is 1. The lowest BCUT2D eigenvalue weighted by atomic mass is 10.1. The Hall–Kier alpha value is -4.65. The molecule has 1 atom stereocenters. The van der Waals surface area contributed by atoms with Crippen molar-refractivity contribution in [2.24, 2.45) is 0 Å². The fourth-order valence-electron chi connectivity index (χ4n) is 5.90. The number of rotatable bonds is 10. The number of piperidine rings is 1. The van der Waals surface area contributed by atoms with Gasteiger partial charge in [0.25, 0.3) is 12.3 Å². The number of aliphatic hydroxyl groups is 1. The van der Waals surface area contributed by atoms with Crippen LogP contribution in [0.3, 0.4) is 0 Å². The van der Waals surface area contributed by atoms with Gasteiger partial charge in [-0.2, -0.15) is 5.26 Å². The summed E-state index contributed by atoms with van der Waals surface area (Å²) in [5, 5.41) is 22.4. The van der Waals surface area contributed by atoms with Gasteiger partial charge in [-0.15, -0.1) is 0 Å². The molecule has 2 aromatic heterocycles. The van der Waals surface area contributed by atoms with Crippen LogP contribution in [0.25, 0.3) is 11.3 Å². The molecule has 0 radical (unpaired) electrons. The number of benzene rings is 1. The molecule has 1 aromatic carbocycles. The van der Waals surface area contributed by atoms with Gasteiger partial charge in [0.1, 0.15) is 29.5 Å². The molecule has 3 saturated heterocycles. The van der Waals surface area contributed by atoms with Gasteiger partial charge in [-0.05, 0) is 24.3 Å². The molecule has 2 N–H and O–H groups in total. The first kappa shape index (κ1) is 32.3. The largest absolute Gasteiger partial charge is 0.494 e. The predicted octanol–water partition coefficient (Wildman–Crippen LogP) is 2.68. The number of pyridine rings is 1. The van der Waals surface area contributed by atoms with Crippen LogP contribution in [0.4, 0.5) is 26.2 Å². The number of carbonyl (C=O) groups excluding carboxylic acids is 1. The van der Waals surface area contributed by atoms with E-state index < -0.39 is 18.4 Å². The summed E-state index contributed by atoms with van der Waals surface area (Å²) >= 11 is 0. The van der Waals surface area contributed by atoms with Crippen LogP contribution < -0.4 is 19.7 Å². The zero-order valence-corrected chi connectivity index (χ0v) is 25.9. The van der Waals surface area contributed by atoms with Crippen molar-refractivity contribution in [1.29, 1.82) is 5.26 Å². The zero-order valence-electron chi connectivity index (χ0n) is 25.9. The van der Waals surface area contributed by atoms with Crippen molar-refractivity contribution in [2.75, 3.05) is 69.8 Å². The van der Waals surface area contributed by atoms with Crippen LogP contribution in [-0.4, -0.2) is 120 Å². The number of aromatic nitrogens is 3. The first-order valence-electron chi connectivity index (χ1n) is 15.5. The molecule has 0 aliphatic carbocycles. The van der Waals surface area contributed by atoms with Crippen molar-refractivity contribution >= 4 is 23.4 Å². The van der Waals surface area contributed by atoms with Gasteiger partial charge in [-0.25, -0.2) is 23.7 Å². The van der Waals surface area contributed by atoms with Crippen molar-refractivity contribution in [2.45, 2.75) is 37.5 Å². The van der Waals surface area contributed by atoms with Crippen LogP contribution in [0, 0.1) is 11.3 Å². The molecule has 3 fully saturated rings.